The van der Waals surface area contributed by atoms with Crippen molar-refractivity contribution < 1.29 is 9.84 Å². The normalized spacial score (nSPS) is 10.9. The Morgan fingerprint density at radius 3 is 3.00 bits per heavy atom. The molecular weight excluding hydrogens is 348 g/mol. The van der Waals surface area contributed by atoms with Gasteiger partial charge in [0.05, 0.1) is 17.8 Å². The molecule has 9 heteroatoms. The Hall–Kier alpha value is -2.00. The van der Waals surface area contributed by atoms with E-state index >= 15 is 0 Å². The van der Waals surface area contributed by atoms with E-state index in [1.165, 1.54) is 13.3 Å². The molecule has 0 fully saturated rings. The van der Waals surface area contributed by atoms with Gasteiger partial charge in [0, 0.05) is 5.56 Å². The first-order valence-corrected chi connectivity index (χ1v) is 6.51. The van der Waals surface area contributed by atoms with Crippen molar-refractivity contribution in [3.8, 4) is 11.5 Å². The second-order valence-corrected chi connectivity index (χ2v) is 4.77. The van der Waals surface area contributed by atoms with Gasteiger partial charge in [-0.25, -0.2) is 0 Å². The number of phenolic OH excluding ortho intramolecular Hbond substituents is 1. The predicted octanol–water partition coefficient (Wildman–Crippen LogP) is 1.66. The number of methoxy groups -OCH3 is 1. The van der Waals surface area contributed by atoms with Crippen LogP contribution >= 0.6 is 28.1 Å². The van der Waals surface area contributed by atoms with Crippen molar-refractivity contribution in [2.45, 2.75) is 0 Å². The van der Waals surface area contributed by atoms with E-state index in [-0.39, 0.29) is 10.5 Å². The lowest BCUT2D eigenvalue weighted by Crippen LogP contribution is -2.18. The molecule has 0 aliphatic carbocycles. The van der Waals surface area contributed by atoms with Gasteiger partial charge in [0.15, 0.2) is 11.5 Å². The fourth-order valence-corrected chi connectivity index (χ4v) is 2.02. The molecule has 1 heterocycles. The molecule has 20 heavy (non-hydrogen) atoms. The lowest BCUT2D eigenvalue weighted by atomic mass is 10.2. The minimum atomic E-state index is -0.459. The maximum Gasteiger partial charge on any atom is 0.293 e. The maximum absolute atomic E-state index is 11.5. The first-order valence-electron chi connectivity index (χ1n) is 5.31. The zero-order valence-electron chi connectivity index (χ0n) is 10.2. The molecule has 0 amide bonds. The molecule has 0 spiro atoms. The number of aromatic nitrogens is 3. The van der Waals surface area contributed by atoms with Gasteiger partial charge in [-0.05, 0) is 40.3 Å². The molecule has 1 aromatic carbocycles. The fraction of sp³-hybridized carbons (Fsp3) is 0.0909. The van der Waals surface area contributed by atoms with Crippen LogP contribution < -0.4 is 10.3 Å². The molecule has 7 nitrogen and oxygen atoms in total. The summed E-state index contributed by atoms with van der Waals surface area (Å²) in [4.78, 5) is 11.5. The van der Waals surface area contributed by atoms with Crippen LogP contribution in [0.2, 0.25) is 0 Å². The van der Waals surface area contributed by atoms with E-state index in [1.54, 1.807) is 12.1 Å². The number of benzene rings is 1. The Labute approximate surface area is 126 Å². The number of phenols is 1. The number of H-pyrrole nitrogens is 1. The van der Waals surface area contributed by atoms with Crippen molar-refractivity contribution in [1.29, 1.82) is 0 Å². The maximum atomic E-state index is 11.5. The smallest absolute Gasteiger partial charge is 0.293 e. The third-order valence-electron chi connectivity index (χ3n) is 2.38. The molecule has 2 N–H and O–H groups in total. The van der Waals surface area contributed by atoms with Crippen LogP contribution in [0, 0.1) is 4.77 Å². The van der Waals surface area contributed by atoms with Crippen LogP contribution in [0.3, 0.4) is 0 Å². The summed E-state index contributed by atoms with van der Waals surface area (Å²) in [6.45, 7) is 0. The van der Waals surface area contributed by atoms with Crippen LogP contribution in [-0.4, -0.2) is 33.3 Å². The van der Waals surface area contributed by atoms with Gasteiger partial charge >= 0.3 is 0 Å². The second kappa shape index (κ2) is 5.97. The summed E-state index contributed by atoms with van der Waals surface area (Å²) in [6.07, 6.45) is 2.45. The molecule has 0 atom stereocenters. The monoisotopic (exact) mass is 356 g/mol. The zero-order chi connectivity index (χ0) is 14.7. The summed E-state index contributed by atoms with van der Waals surface area (Å²) in [6, 6.07) is 3.25. The van der Waals surface area contributed by atoms with Gasteiger partial charge < -0.3 is 9.84 Å². The van der Waals surface area contributed by atoms with Crippen molar-refractivity contribution >= 4 is 34.4 Å². The molecule has 0 radical (unpaired) electrons. The number of nitrogens with zero attached hydrogens (tertiary/aromatic N) is 3. The van der Waals surface area contributed by atoms with Crippen LogP contribution in [0.5, 0.6) is 11.5 Å². The Balaban J connectivity index is 2.45. The first kappa shape index (κ1) is 14.4. The summed E-state index contributed by atoms with van der Waals surface area (Å²) in [5.41, 5.74) is 0.0975. The predicted molar refractivity (Wildman–Crippen MR) is 79.0 cm³/mol. The molecule has 2 aromatic rings. The molecular formula is C11H9BrN4O3S. The van der Waals surface area contributed by atoms with E-state index in [1.807, 2.05) is 0 Å². The summed E-state index contributed by atoms with van der Waals surface area (Å²) in [7, 11) is 1.45. The number of aromatic amines is 1. The van der Waals surface area contributed by atoms with Crippen molar-refractivity contribution in [3.63, 3.8) is 0 Å². The van der Waals surface area contributed by atoms with E-state index in [0.29, 0.717) is 15.8 Å². The van der Waals surface area contributed by atoms with Crippen LogP contribution in [0.4, 0.5) is 0 Å². The van der Waals surface area contributed by atoms with Crippen LogP contribution in [0.1, 0.15) is 5.56 Å². The Kier molecular flexibility index (Phi) is 4.30. The highest BCUT2D eigenvalue weighted by atomic mass is 79.9. The van der Waals surface area contributed by atoms with E-state index in [2.05, 4.69) is 31.2 Å². The molecule has 0 saturated carbocycles. The zero-order valence-corrected chi connectivity index (χ0v) is 12.6. The van der Waals surface area contributed by atoms with Crippen molar-refractivity contribution in [2.24, 2.45) is 5.10 Å². The van der Waals surface area contributed by atoms with E-state index in [9.17, 15) is 9.90 Å². The van der Waals surface area contributed by atoms with Gasteiger partial charge in [0.1, 0.15) is 6.20 Å². The first-order chi connectivity index (χ1) is 9.54. The second-order valence-electron chi connectivity index (χ2n) is 3.59. The number of nitrogens with one attached hydrogen (secondary N) is 1. The quantitative estimate of drug-likeness (QED) is 0.644. The van der Waals surface area contributed by atoms with Crippen LogP contribution in [0.25, 0.3) is 0 Å². The highest BCUT2D eigenvalue weighted by Crippen LogP contribution is 2.35. The van der Waals surface area contributed by atoms with Gasteiger partial charge in [-0.15, -0.1) is 0 Å². The minimum absolute atomic E-state index is 0.0521. The van der Waals surface area contributed by atoms with Crippen molar-refractivity contribution in [2.75, 3.05) is 7.11 Å². The molecule has 0 saturated heterocycles. The fourth-order valence-electron chi connectivity index (χ4n) is 1.40. The Bertz CT molecular complexity index is 756. The standard InChI is InChI=1S/C11H9BrN4O3S/c1-19-7-3-2-6(9(12)10(7)18)4-14-16-8(17)5-13-15-11(16)20/h2-5,18H,1H3,(H,15,20)/b14-4+. The Morgan fingerprint density at radius 1 is 1.60 bits per heavy atom. The molecule has 104 valence electrons. The molecule has 0 bridgehead atoms. The van der Waals surface area contributed by atoms with Crippen molar-refractivity contribution in [3.05, 3.63) is 43.5 Å². The van der Waals surface area contributed by atoms with Gasteiger partial charge in [0.25, 0.3) is 5.56 Å². The lowest BCUT2D eigenvalue weighted by Gasteiger charge is -2.06. The molecule has 1 aromatic heterocycles. The molecule has 2 rings (SSSR count). The van der Waals surface area contributed by atoms with Crippen LogP contribution in [-0.2, 0) is 0 Å². The van der Waals surface area contributed by atoms with Gasteiger partial charge in [-0.2, -0.15) is 14.9 Å². The SMILES string of the molecule is COc1ccc(/C=N/n2c(=O)cn[nH]c2=S)c(Br)c1O. The minimum Gasteiger partial charge on any atom is -0.503 e. The largest absolute Gasteiger partial charge is 0.503 e. The van der Waals surface area contributed by atoms with Gasteiger partial charge in [-0.1, -0.05) is 0 Å². The number of hydrogen-bond donors (Lipinski definition) is 2. The number of ether oxygens (including phenoxy) is 1. The van der Waals surface area contributed by atoms with E-state index in [0.717, 1.165) is 10.9 Å². The topological polar surface area (TPSA) is 92.5 Å². The average molecular weight is 357 g/mol. The number of aromatic hydroxyl groups is 1. The summed E-state index contributed by atoms with van der Waals surface area (Å²) < 4.78 is 6.43. The lowest BCUT2D eigenvalue weighted by molar-refractivity contribution is 0.372. The molecule has 0 aliphatic rings. The van der Waals surface area contributed by atoms with E-state index in [4.69, 9.17) is 17.0 Å². The average Bonchev–Trinajstić information content (AvgIpc) is 2.43. The Morgan fingerprint density at radius 2 is 2.35 bits per heavy atom. The number of halogens is 1. The molecule has 0 aliphatic heterocycles. The third kappa shape index (κ3) is 2.78. The third-order valence-corrected chi connectivity index (χ3v) is 3.48. The molecule has 0 unspecified atom stereocenters. The van der Waals surface area contributed by atoms with Crippen LogP contribution in [0.15, 0.2) is 32.7 Å². The highest BCUT2D eigenvalue weighted by molar-refractivity contribution is 9.10. The van der Waals surface area contributed by atoms with Gasteiger partial charge in [-0.3, -0.25) is 9.89 Å². The summed E-state index contributed by atoms with van der Waals surface area (Å²) >= 11 is 8.13. The summed E-state index contributed by atoms with van der Waals surface area (Å²) in [5, 5.41) is 19.8. The highest BCUT2D eigenvalue weighted by Gasteiger charge is 2.09. The van der Waals surface area contributed by atoms with Gasteiger partial charge in [0.2, 0.25) is 4.77 Å². The number of rotatable bonds is 3. The number of hydrogen-bond acceptors (Lipinski definition) is 6. The van der Waals surface area contributed by atoms with E-state index < -0.39 is 5.56 Å². The van der Waals surface area contributed by atoms with Crippen molar-refractivity contribution in [1.82, 2.24) is 14.9 Å². The summed E-state index contributed by atoms with van der Waals surface area (Å²) in [5.74, 6) is 0.274.